The zero-order valence-corrected chi connectivity index (χ0v) is 11.6. The van der Waals surface area contributed by atoms with Crippen molar-refractivity contribution in [3.8, 4) is 11.6 Å². The highest BCUT2D eigenvalue weighted by atomic mass is 79.9. The maximum atomic E-state index is 13.5. The number of benzene rings is 1. The maximum absolute atomic E-state index is 13.5. The summed E-state index contributed by atoms with van der Waals surface area (Å²) in [6.45, 7) is 1.69. The van der Waals surface area contributed by atoms with Crippen LogP contribution < -0.4 is 10.5 Å². The average molecular weight is 325 g/mol. The number of hydrogen-bond acceptors (Lipinski definition) is 3. The molecule has 2 rings (SSSR count). The lowest BCUT2D eigenvalue weighted by atomic mass is 10.2. The van der Waals surface area contributed by atoms with E-state index < -0.39 is 11.7 Å². The van der Waals surface area contributed by atoms with Crippen molar-refractivity contribution in [1.29, 1.82) is 0 Å². The molecule has 0 radical (unpaired) electrons. The Kier molecular flexibility index (Phi) is 3.80. The van der Waals surface area contributed by atoms with Gasteiger partial charge in [0, 0.05) is 21.8 Å². The van der Waals surface area contributed by atoms with Crippen LogP contribution in [0.3, 0.4) is 0 Å². The Balaban J connectivity index is 2.38. The predicted molar refractivity (Wildman–Crippen MR) is 71.7 cm³/mol. The highest BCUT2D eigenvalue weighted by molar-refractivity contribution is 9.10. The minimum Gasteiger partial charge on any atom is -0.436 e. The van der Waals surface area contributed by atoms with E-state index in [0.717, 1.165) is 0 Å². The molecule has 1 amide bonds. The van der Waals surface area contributed by atoms with E-state index in [4.69, 9.17) is 10.5 Å². The quantitative estimate of drug-likeness (QED) is 0.942. The fourth-order valence-electron chi connectivity index (χ4n) is 1.50. The lowest BCUT2D eigenvalue weighted by Gasteiger charge is -2.08. The Morgan fingerprint density at radius 2 is 2.11 bits per heavy atom. The first kappa shape index (κ1) is 13.5. The molecule has 0 atom stereocenters. The minimum absolute atomic E-state index is 0.0166. The summed E-state index contributed by atoms with van der Waals surface area (Å²) >= 11 is 3.22. The fraction of sp³-hybridized carbons (Fsp3) is 0.0769. The molecule has 19 heavy (non-hydrogen) atoms. The molecule has 1 heterocycles. The van der Waals surface area contributed by atoms with Crippen molar-refractivity contribution in [2.24, 2.45) is 5.73 Å². The van der Waals surface area contributed by atoms with Crippen LogP contribution in [0.25, 0.3) is 0 Å². The molecule has 0 bridgehead atoms. The van der Waals surface area contributed by atoms with Gasteiger partial charge in [0.15, 0.2) is 11.6 Å². The normalized spacial score (nSPS) is 10.3. The van der Waals surface area contributed by atoms with E-state index in [1.54, 1.807) is 13.0 Å². The monoisotopic (exact) mass is 324 g/mol. The van der Waals surface area contributed by atoms with Gasteiger partial charge in [0.25, 0.3) is 0 Å². The van der Waals surface area contributed by atoms with E-state index in [9.17, 15) is 9.18 Å². The van der Waals surface area contributed by atoms with Crippen molar-refractivity contribution in [2.45, 2.75) is 6.92 Å². The van der Waals surface area contributed by atoms with Crippen LogP contribution in [-0.2, 0) is 0 Å². The van der Waals surface area contributed by atoms with Crippen molar-refractivity contribution in [2.75, 3.05) is 0 Å². The largest absolute Gasteiger partial charge is 0.436 e. The number of carbonyl (C=O) groups is 1. The molecule has 2 N–H and O–H groups in total. The number of amides is 1. The number of ether oxygens (including phenoxy) is 1. The molecular weight excluding hydrogens is 315 g/mol. The van der Waals surface area contributed by atoms with Crippen LogP contribution in [0.5, 0.6) is 11.6 Å². The molecule has 4 nitrogen and oxygen atoms in total. The summed E-state index contributed by atoms with van der Waals surface area (Å²) in [4.78, 5) is 15.2. The van der Waals surface area contributed by atoms with Crippen LogP contribution in [0.2, 0.25) is 0 Å². The molecule has 0 saturated heterocycles. The first-order chi connectivity index (χ1) is 8.95. The predicted octanol–water partition coefficient (Wildman–Crippen LogP) is 3.18. The average Bonchev–Trinajstić information content (AvgIpc) is 2.33. The number of hydrogen-bond donors (Lipinski definition) is 1. The molecule has 0 unspecified atom stereocenters. The van der Waals surface area contributed by atoms with Crippen molar-refractivity contribution in [1.82, 2.24) is 4.98 Å². The second-order valence-electron chi connectivity index (χ2n) is 3.88. The standard InChI is InChI=1S/C13H10BrFN2O2/c1-7-4-8(13(16)18)5-12(17-7)19-11-6-9(14)2-3-10(11)15/h2-6H,1H3,(H2,16,18). The number of rotatable bonds is 3. The number of carbonyl (C=O) groups excluding carboxylic acids is 1. The molecule has 0 aliphatic carbocycles. The summed E-state index contributed by atoms with van der Waals surface area (Å²) in [6, 6.07) is 7.20. The number of primary amides is 1. The van der Waals surface area contributed by atoms with Gasteiger partial charge < -0.3 is 10.5 Å². The van der Waals surface area contributed by atoms with Gasteiger partial charge in [0.1, 0.15) is 0 Å². The van der Waals surface area contributed by atoms with Crippen LogP contribution in [0.15, 0.2) is 34.8 Å². The highest BCUT2D eigenvalue weighted by Crippen LogP contribution is 2.27. The Labute approximate surface area is 117 Å². The van der Waals surface area contributed by atoms with E-state index in [-0.39, 0.29) is 17.2 Å². The maximum Gasteiger partial charge on any atom is 0.248 e. The van der Waals surface area contributed by atoms with Crippen LogP contribution in [0.4, 0.5) is 4.39 Å². The lowest BCUT2D eigenvalue weighted by molar-refractivity contribution is 0.0999. The number of nitrogens with zero attached hydrogens (tertiary/aromatic N) is 1. The van der Waals surface area contributed by atoms with E-state index >= 15 is 0 Å². The fourth-order valence-corrected chi connectivity index (χ4v) is 1.84. The molecule has 1 aromatic heterocycles. The van der Waals surface area contributed by atoms with Crippen molar-refractivity contribution in [3.63, 3.8) is 0 Å². The molecule has 0 saturated carbocycles. The van der Waals surface area contributed by atoms with Gasteiger partial charge >= 0.3 is 0 Å². The van der Waals surface area contributed by atoms with Gasteiger partial charge in [-0.25, -0.2) is 9.37 Å². The molecule has 0 fully saturated rings. The molecule has 6 heteroatoms. The van der Waals surface area contributed by atoms with Gasteiger partial charge in [0.2, 0.25) is 11.8 Å². The van der Waals surface area contributed by atoms with Crippen LogP contribution in [-0.4, -0.2) is 10.9 Å². The van der Waals surface area contributed by atoms with Crippen molar-refractivity contribution in [3.05, 3.63) is 51.9 Å². The minimum atomic E-state index is -0.593. The highest BCUT2D eigenvalue weighted by Gasteiger charge is 2.10. The van der Waals surface area contributed by atoms with Crippen molar-refractivity contribution < 1.29 is 13.9 Å². The molecule has 1 aromatic carbocycles. The molecule has 0 aliphatic heterocycles. The van der Waals surface area contributed by atoms with E-state index in [0.29, 0.717) is 10.2 Å². The number of halogens is 2. The Bertz CT molecular complexity index is 647. The second kappa shape index (κ2) is 5.36. The Morgan fingerprint density at radius 3 is 2.79 bits per heavy atom. The number of nitrogens with two attached hydrogens (primary N) is 1. The van der Waals surface area contributed by atoms with Crippen LogP contribution in [0.1, 0.15) is 16.1 Å². The summed E-state index contributed by atoms with van der Waals surface area (Å²) in [7, 11) is 0. The zero-order chi connectivity index (χ0) is 14.0. The third-order valence-electron chi connectivity index (χ3n) is 2.32. The number of aromatic nitrogens is 1. The Morgan fingerprint density at radius 1 is 1.37 bits per heavy atom. The zero-order valence-electron chi connectivity index (χ0n) is 9.98. The van der Waals surface area contributed by atoms with Crippen LogP contribution >= 0.6 is 15.9 Å². The molecule has 2 aromatic rings. The van der Waals surface area contributed by atoms with Crippen molar-refractivity contribution >= 4 is 21.8 Å². The van der Waals surface area contributed by atoms with Gasteiger partial charge in [-0.05, 0) is 31.2 Å². The van der Waals surface area contributed by atoms with Gasteiger partial charge in [-0.15, -0.1) is 0 Å². The summed E-state index contributed by atoms with van der Waals surface area (Å²) in [5, 5.41) is 0. The van der Waals surface area contributed by atoms with E-state index in [1.807, 2.05) is 0 Å². The second-order valence-corrected chi connectivity index (χ2v) is 4.79. The molecule has 0 spiro atoms. The number of aryl methyl sites for hydroxylation is 1. The molecule has 0 aliphatic rings. The molecular formula is C13H10BrFN2O2. The van der Waals surface area contributed by atoms with E-state index in [1.165, 1.54) is 24.3 Å². The first-order valence-corrected chi connectivity index (χ1v) is 6.16. The summed E-state index contributed by atoms with van der Waals surface area (Å²) in [5.41, 5.74) is 6.01. The van der Waals surface area contributed by atoms with E-state index in [2.05, 4.69) is 20.9 Å². The lowest BCUT2D eigenvalue weighted by Crippen LogP contribution is -2.11. The summed E-state index contributed by atoms with van der Waals surface area (Å²) in [6.07, 6.45) is 0. The van der Waals surface area contributed by atoms with Gasteiger partial charge in [-0.2, -0.15) is 0 Å². The summed E-state index contributed by atoms with van der Waals surface area (Å²) < 4.78 is 19.6. The summed E-state index contributed by atoms with van der Waals surface area (Å²) in [5.74, 6) is -0.981. The Hall–Kier alpha value is -1.95. The third kappa shape index (κ3) is 3.29. The van der Waals surface area contributed by atoms with Crippen LogP contribution in [0, 0.1) is 12.7 Å². The first-order valence-electron chi connectivity index (χ1n) is 5.37. The SMILES string of the molecule is Cc1cc(C(N)=O)cc(Oc2cc(Br)ccc2F)n1. The third-order valence-corrected chi connectivity index (χ3v) is 2.82. The molecule has 98 valence electrons. The topological polar surface area (TPSA) is 65.2 Å². The van der Waals surface area contributed by atoms with Gasteiger partial charge in [-0.3, -0.25) is 4.79 Å². The smallest absolute Gasteiger partial charge is 0.248 e. The van der Waals surface area contributed by atoms with Gasteiger partial charge in [0.05, 0.1) is 0 Å². The number of pyridine rings is 1. The van der Waals surface area contributed by atoms with Gasteiger partial charge in [-0.1, -0.05) is 15.9 Å².